The number of urea groups is 1. The molecule has 1 spiro atoms. The van der Waals surface area contributed by atoms with E-state index in [-0.39, 0.29) is 11.5 Å². The molecule has 1 saturated heterocycles. The Labute approximate surface area is 195 Å². The fourth-order valence-electron chi connectivity index (χ4n) is 5.03. The Morgan fingerprint density at radius 1 is 1.16 bits per heavy atom. The van der Waals surface area contributed by atoms with E-state index in [9.17, 15) is 9.59 Å². The third kappa shape index (κ3) is 3.92. The summed E-state index contributed by atoms with van der Waals surface area (Å²) in [7, 11) is 25.0. The second-order valence-electron chi connectivity index (χ2n) is 10.3. The number of hydrogen-bond acceptors (Lipinski definition) is 4. The van der Waals surface area contributed by atoms with E-state index in [1.54, 1.807) is 11.0 Å². The van der Waals surface area contributed by atoms with E-state index in [2.05, 4.69) is 10.3 Å². The van der Waals surface area contributed by atoms with Crippen LogP contribution in [-0.4, -0.2) is 83.5 Å². The number of piperidine rings is 1. The fraction of sp³-hybridized carbons (Fsp3) is 0.667. The predicted molar refractivity (Wildman–Crippen MR) is 123 cm³/mol. The summed E-state index contributed by atoms with van der Waals surface area (Å²) in [6.07, 6.45) is 5.48. The van der Waals surface area contributed by atoms with Crippen molar-refractivity contribution in [1.29, 1.82) is 0 Å². The second-order valence-corrected chi connectivity index (χ2v) is 10.3. The fourth-order valence-corrected chi connectivity index (χ4v) is 5.03. The highest BCUT2D eigenvalue weighted by atomic mass is 16.6. The molecule has 2 fully saturated rings. The minimum absolute atomic E-state index is 0.134. The third-order valence-corrected chi connectivity index (χ3v) is 6.90. The molecule has 0 aromatic carbocycles. The second kappa shape index (κ2) is 7.49. The zero-order chi connectivity index (χ0) is 23.5. The van der Waals surface area contributed by atoms with Gasteiger partial charge in [-0.1, -0.05) is 0 Å². The molecule has 1 aromatic rings. The van der Waals surface area contributed by atoms with Gasteiger partial charge in [-0.15, -0.1) is 0 Å². The summed E-state index contributed by atoms with van der Waals surface area (Å²) in [5.74, 6) is 0.314. The minimum atomic E-state index is -1.67. The van der Waals surface area contributed by atoms with Crippen LogP contribution in [0.5, 0.6) is 0 Å². The van der Waals surface area contributed by atoms with Gasteiger partial charge in [0, 0.05) is 32.0 Å². The van der Waals surface area contributed by atoms with Gasteiger partial charge in [-0.25, -0.2) is 9.59 Å². The molecule has 8 radical (unpaired) electrons. The summed E-state index contributed by atoms with van der Waals surface area (Å²) in [5.41, 5.74) is 0.503. The maximum absolute atomic E-state index is 13.0. The zero-order valence-corrected chi connectivity index (χ0v) is 18.9. The third-order valence-electron chi connectivity index (χ3n) is 6.90. The number of ether oxygens (including phenoxy) is 1. The highest BCUT2D eigenvalue weighted by molar-refractivity contribution is 6.47. The number of aromatic nitrogens is 1. The van der Waals surface area contributed by atoms with E-state index in [4.69, 9.17) is 36.1 Å². The van der Waals surface area contributed by atoms with Crippen LogP contribution >= 0.6 is 0 Å². The number of fused-ring (bicyclic) bond motifs is 1. The smallest absolute Gasteiger partial charge is 0.410 e. The summed E-state index contributed by atoms with van der Waals surface area (Å²) >= 11 is 0. The largest absolute Gasteiger partial charge is 0.444 e. The van der Waals surface area contributed by atoms with Crippen LogP contribution in [0.2, 0.25) is 0 Å². The van der Waals surface area contributed by atoms with Crippen molar-refractivity contribution in [2.24, 2.45) is 11.3 Å². The van der Waals surface area contributed by atoms with Gasteiger partial charge in [0.1, 0.15) is 5.60 Å². The average molecular weight is 426 g/mol. The average Bonchev–Trinajstić information content (AvgIpc) is 3.32. The number of likely N-dealkylation sites (tertiary alicyclic amines) is 1. The zero-order valence-electron chi connectivity index (χ0n) is 18.9. The Kier molecular flexibility index (Phi) is 5.41. The quantitative estimate of drug-likeness (QED) is 0.719. The molecular weight excluding hydrogens is 400 g/mol. The van der Waals surface area contributed by atoms with Gasteiger partial charge in [-0.3, -0.25) is 4.98 Å². The number of rotatable bonds is 2. The van der Waals surface area contributed by atoms with Crippen LogP contribution in [0.4, 0.5) is 9.59 Å². The van der Waals surface area contributed by atoms with E-state index < -0.39 is 22.3 Å². The number of hydrogen-bond donors (Lipinski definition) is 1. The molecule has 32 heavy (non-hydrogen) atoms. The molecule has 1 unspecified atom stereocenters. The van der Waals surface area contributed by atoms with Gasteiger partial charge in [0.15, 0.2) is 0 Å². The van der Waals surface area contributed by atoms with Crippen LogP contribution in [0.25, 0.3) is 0 Å². The standard InChI is InChI=1S/C21H26B4N4O3/c1-18(2,3)32-17(31)28-8-5-19(6-9-28)10-13(19)11-27-16(30)29-20(22,23)14-4-7-26-12-15(14)21(29,24)25/h4,7,12-13H,5-6,8-11H2,1-3H3,(H,27,30). The summed E-state index contributed by atoms with van der Waals surface area (Å²) in [5, 5.41) is -0.406. The molecular formula is C21H26B4N4O3. The number of nitrogens with one attached hydrogen (secondary N) is 1. The van der Waals surface area contributed by atoms with Crippen molar-refractivity contribution < 1.29 is 14.3 Å². The summed E-state index contributed by atoms with van der Waals surface area (Å²) < 4.78 is 5.47. The van der Waals surface area contributed by atoms with Crippen LogP contribution in [0, 0.1) is 11.3 Å². The Morgan fingerprint density at radius 2 is 1.78 bits per heavy atom. The van der Waals surface area contributed by atoms with Gasteiger partial charge in [0.25, 0.3) is 0 Å². The molecule has 1 aromatic heterocycles. The van der Waals surface area contributed by atoms with Crippen LogP contribution in [-0.2, 0) is 15.4 Å². The first-order valence-electron chi connectivity index (χ1n) is 10.9. The van der Waals surface area contributed by atoms with Gasteiger partial charge < -0.3 is 19.9 Å². The van der Waals surface area contributed by atoms with Crippen molar-refractivity contribution in [3.63, 3.8) is 0 Å². The molecule has 7 nitrogen and oxygen atoms in total. The van der Waals surface area contributed by atoms with Gasteiger partial charge in [-0.05, 0) is 79.2 Å². The number of pyridine rings is 1. The molecule has 1 aliphatic carbocycles. The number of amides is 3. The Bertz CT molecular complexity index is 891. The summed E-state index contributed by atoms with van der Waals surface area (Å²) in [6, 6.07) is 1.09. The van der Waals surface area contributed by atoms with E-state index in [1.807, 2.05) is 20.8 Å². The Hall–Kier alpha value is -2.05. The lowest BCUT2D eigenvalue weighted by atomic mass is 9.57. The predicted octanol–water partition coefficient (Wildman–Crippen LogP) is 1.04. The lowest BCUT2D eigenvalue weighted by molar-refractivity contribution is 0.0165. The van der Waals surface area contributed by atoms with Crippen molar-refractivity contribution in [2.75, 3.05) is 19.6 Å². The van der Waals surface area contributed by atoms with Crippen molar-refractivity contribution in [3.8, 4) is 0 Å². The number of carbonyl (C=O) groups excluding carboxylic acids is 2. The molecule has 1 N–H and O–H groups in total. The molecule has 3 amide bonds. The maximum Gasteiger partial charge on any atom is 0.410 e. The maximum atomic E-state index is 13.0. The minimum Gasteiger partial charge on any atom is -0.444 e. The molecule has 160 valence electrons. The number of carbonyl (C=O) groups is 2. The van der Waals surface area contributed by atoms with Crippen molar-refractivity contribution >= 4 is 43.5 Å². The van der Waals surface area contributed by atoms with Crippen LogP contribution in [0.3, 0.4) is 0 Å². The molecule has 4 rings (SSSR count). The van der Waals surface area contributed by atoms with E-state index >= 15 is 0 Å². The van der Waals surface area contributed by atoms with Crippen molar-refractivity contribution in [2.45, 2.75) is 56.3 Å². The van der Waals surface area contributed by atoms with Gasteiger partial charge in [0.05, 0.1) is 31.4 Å². The molecule has 3 heterocycles. The van der Waals surface area contributed by atoms with E-state index in [0.717, 1.165) is 24.2 Å². The lowest BCUT2D eigenvalue weighted by Gasteiger charge is -2.43. The van der Waals surface area contributed by atoms with Crippen LogP contribution in [0.1, 0.15) is 51.2 Å². The van der Waals surface area contributed by atoms with E-state index in [0.29, 0.717) is 36.7 Å². The molecule has 11 heteroatoms. The molecule has 3 aliphatic rings. The molecule has 2 aliphatic heterocycles. The first-order valence-corrected chi connectivity index (χ1v) is 10.9. The normalized spacial score (nSPS) is 24.7. The highest BCUT2D eigenvalue weighted by Crippen LogP contribution is 2.59. The SMILES string of the molecule is [B]C1([B])c2ccncc2C([B])([B])N1C(=O)NCC1CC12CCN(C(=O)OC(C)(C)C)CC2. The van der Waals surface area contributed by atoms with Crippen molar-refractivity contribution in [1.82, 2.24) is 20.1 Å². The Balaban J connectivity index is 1.33. The van der Waals surface area contributed by atoms with Gasteiger partial charge in [-0.2, -0.15) is 0 Å². The highest BCUT2D eigenvalue weighted by Gasteiger charge is 2.56. The summed E-state index contributed by atoms with van der Waals surface area (Å²) in [4.78, 5) is 32.2. The van der Waals surface area contributed by atoms with Gasteiger partial charge in [0.2, 0.25) is 0 Å². The van der Waals surface area contributed by atoms with Crippen molar-refractivity contribution in [3.05, 3.63) is 29.6 Å². The Morgan fingerprint density at radius 3 is 2.38 bits per heavy atom. The summed E-state index contributed by atoms with van der Waals surface area (Å²) in [6.45, 7) is 7.34. The monoisotopic (exact) mass is 426 g/mol. The molecule has 1 atom stereocenters. The van der Waals surface area contributed by atoms with Crippen LogP contribution in [0.15, 0.2) is 18.5 Å². The molecule has 1 saturated carbocycles. The topological polar surface area (TPSA) is 74.8 Å². The van der Waals surface area contributed by atoms with Crippen LogP contribution < -0.4 is 5.32 Å². The first kappa shape index (κ1) is 23.1. The van der Waals surface area contributed by atoms with Gasteiger partial charge >= 0.3 is 12.1 Å². The first-order chi connectivity index (χ1) is 14.8. The number of nitrogens with zero attached hydrogens (tertiary/aromatic N) is 3. The lowest BCUT2D eigenvalue weighted by Crippen LogP contribution is -2.59. The molecule has 0 bridgehead atoms. The van der Waals surface area contributed by atoms with E-state index in [1.165, 1.54) is 12.4 Å².